The lowest BCUT2D eigenvalue weighted by atomic mass is 10.0. The van der Waals surface area contributed by atoms with Gasteiger partial charge in [-0.25, -0.2) is 4.79 Å². The van der Waals surface area contributed by atoms with Gasteiger partial charge in [0.25, 0.3) is 5.91 Å². The van der Waals surface area contributed by atoms with Gasteiger partial charge in [-0.2, -0.15) is 0 Å². The van der Waals surface area contributed by atoms with Gasteiger partial charge in [-0.05, 0) is 42.0 Å². The molecule has 0 aliphatic carbocycles. The van der Waals surface area contributed by atoms with Crippen molar-refractivity contribution in [3.8, 4) is 0 Å². The Morgan fingerprint density at radius 3 is 2.43 bits per heavy atom. The van der Waals surface area contributed by atoms with Crippen LogP contribution < -0.4 is 0 Å². The highest BCUT2D eigenvalue weighted by Gasteiger charge is 2.30. The Morgan fingerprint density at radius 1 is 1.24 bits per heavy atom. The average Bonchev–Trinajstić information content (AvgIpc) is 2.77. The van der Waals surface area contributed by atoms with E-state index in [0.717, 1.165) is 30.3 Å². The maximum atomic E-state index is 12.6. The molecule has 4 nitrogen and oxygen atoms in total. The molecule has 2 unspecified atom stereocenters. The molecule has 1 aromatic carbocycles. The first kappa shape index (κ1) is 15.3. The zero-order valence-electron chi connectivity index (χ0n) is 12.7. The molecule has 1 aromatic rings. The average molecular weight is 287 g/mol. The van der Waals surface area contributed by atoms with E-state index in [-0.39, 0.29) is 5.91 Å². The highest BCUT2D eigenvalue weighted by Crippen LogP contribution is 2.25. The molecule has 21 heavy (non-hydrogen) atoms. The van der Waals surface area contributed by atoms with Crippen molar-refractivity contribution >= 4 is 18.0 Å². The third-order valence-corrected chi connectivity index (χ3v) is 4.29. The number of aliphatic carboxylic acids is 1. The first-order valence-electron chi connectivity index (χ1n) is 7.20. The molecule has 2 atom stereocenters. The molecule has 0 aromatic heterocycles. The van der Waals surface area contributed by atoms with E-state index in [1.165, 1.54) is 6.08 Å². The second kappa shape index (κ2) is 6.12. The topological polar surface area (TPSA) is 57.6 Å². The van der Waals surface area contributed by atoms with Gasteiger partial charge in [-0.15, -0.1) is 0 Å². The van der Waals surface area contributed by atoms with Crippen LogP contribution >= 0.6 is 0 Å². The van der Waals surface area contributed by atoms with Gasteiger partial charge in [0, 0.05) is 24.7 Å². The molecule has 0 bridgehead atoms. The van der Waals surface area contributed by atoms with Gasteiger partial charge in [-0.3, -0.25) is 4.79 Å². The van der Waals surface area contributed by atoms with E-state index < -0.39 is 5.97 Å². The van der Waals surface area contributed by atoms with Gasteiger partial charge in [0.2, 0.25) is 0 Å². The summed E-state index contributed by atoms with van der Waals surface area (Å²) in [4.78, 5) is 25.1. The van der Waals surface area contributed by atoms with Crippen molar-refractivity contribution in [2.24, 2.45) is 11.8 Å². The summed E-state index contributed by atoms with van der Waals surface area (Å²) in [6.45, 7) is 7.76. The van der Waals surface area contributed by atoms with E-state index in [0.29, 0.717) is 17.4 Å². The molecule has 1 aliphatic heterocycles. The first-order valence-corrected chi connectivity index (χ1v) is 7.20. The summed E-state index contributed by atoms with van der Waals surface area (Å²) in [5.74, 6) is 0.0799. The van der Waals surface area contributed by atoms with Crippen molar-refractivity contribution in [3.05, 3.63) is 41.0 Å². The molecule has 0 spiro atoms. The first-order chi connectivity index (χ1) is 9.90. The van der Waals surface area contributed by atoms with Gasteiger partial charge in [0.1, 0.15) is 0 Å². The van der Waals surface area contributed by atoms with Gasteiger partial charge in [-0.1, -0.05) is 26.0 Å². The van der Waals surface area contributed by atoms with Gasteiger partial charge >= 0.3 is 5.97 Å². The number of nitrogens with zero attached hydrogens (tertiary/aromatic N) is 1. The molecule has 4 heteroatoms. The van der Waals surface area contributed by atoms with Crippen molar-refractivity contribution in [2.75, 3.05) is 13.1 Å². The Bertz CT molecular complexity index is 582. The Hall–Kier alpha value is -2.10. The fourth-order valence-electron chi connectivity index (χ4n) is 2.69. The summed E-state index contributed by atoms with van der Waals surface area (Å²) in [5.41, 5.74) is 2.25. The molecule has 112 valence electrons. The van der Waals surface area contributed by atoms with Crippen LogP contribution in [0, 0.1) is 18.8 Å². The van der Waals surface area contributed by atoms with Crippen LogP contribution in [-0.4, -0.2) is 35.0 Å². The van der Waals surface area contributed by atoms with E-state index in [4.69, 9.17) is 5.11 Å². The Labute approximate surface area is 125 Å². The molecule has 0 saturated carbocycles. The van der Waals surface area contributed by atoms with Crippen molar-refractivity contribution in [3.63, 3.8) is 0 Å². The Morgan fingerprint density at radius 2 is 1.86 bits per heavy atom. The van der Waals surface area contributed by atoms with Gasteiger partial charge in [0.15, 0.2) is 0 Å². The summed E-state index contributed by atoms with van der Waals surface area (Å²) >= 11 is 0. The summed E-state index contributed by atoms with van der Waals surface area (Å²) < 4.78 is 0. The lowest BCUT2D eigenvalue weighted by molar-refractivity contribution is -0.131. The molecule has 0 radical (unpaired) electrons. The molecule has 1 fully saturated rings. The minimum atomic E-state index is -0.992. The van der Waals surface area contributed by atoms with E-state index in [9.17, 15) is 9.59 Å². The summed E-state index contributed by atoms with van der Waals surface area (Å²) in [7, 11) is 0. The number of hydrogen-bond acceptors (Lipinski definition) is 2. The number of carboxylic acids is 1. The molecular weight excluding hydrogens is 266 g/mol. The van der Waals surface area contributed by atoms with Crippen LogP contribution in [0.1, 0.15) is 35.3 Å². The third kappa shape index (κ3) is 3.32. The largest absolute Gasteiger partial charge is 0.478 e. The maximum absolute atomic E-state index is 12.6. The number of amides is 1. The second-order valence-corrected chi connectivity index (χ2v) is 5.86. The fraction of sp³-hybridized carbons (Fsp3) is 0.412. The zero-order valence-corrected chi connectivity index (χ0v) is 12.7. The normalized spacial score (nSPS) is 22.0. The van der Waals surface area contributed by atoms with E-state index in [1.807, 2.05) is 24.0 Å². The number of rotatable bonds is 3. The van der Waals surface area contributed by atoms with Crippen molar-refractivity contribution in [1.82, 2.24) is 4.90 Å². The molecule has 1 N–H and O–H groups in total. The molecule has 1 saturated heterocycles. The quantitative estimate of drug-likeness (QED) is 0.870. The highest BCUT2D eigenvalue weighted by atomic mass is 16.4. The number of hydrogen-bond donors (Lipinski definition) is 1. The van der Waals surface area contributed by atoms with Crippen LogP contribution in [0.25, 0.3) is 6.08 Å². The summed E-state index contributed by atoms with van der Waals surface area (Å²) in [6, 6.07) is 5.43. The van der Waals surface area contributed by atoms with Gasteiger partial charge < -0.3 is 10.0 Å². The predicted molar refractivity (Wildman–Crippen MR) is 82.1 cm³/mol. The molecule has 1 heterocycles. The smallest absolute Gasteiger partial charge is 0.328 e. The van der Waals surface area contributed by atoms with Crippen LogP contribution in [0.15, 0.2) is 24.3 Å². The van der Waals surface area contributed by atoms with Crippen molar-refractivity contribution < 1.29 is 14.7 Å². The van der Waals surface area contributed by atoms with Crippen LogP contribution in [0.2, 0.25) is 0 Å². The summed E-state index contributed by atoms with van der Waals surface area (Å²) in [5, 5.41) is 8.71. The van der Waals surface area contributed by atoms with Gasteiger partial charge in [0.05, 0.1) is 0 Å². The van der Waals surface area contributed by atoms with Crippen LogP contribution in [0.3, 0.4) is 0 Å². The number of likely N-dealkylation sites (tertiary alicyclic amines) is 1. The maximum Gasteiger partial charge on any atom is 0.328 e. The molecule has 2 rings (SSSR count). The van der Waals surface area contributed by atoms with Crippen molar-refractivity contribution in [1.29, 1.82) is 0 Å². The minimum absolute atomic E-state index is 0.0364. The molecular formula is C17H21NO3. The lowest BCUT2D eigenvalue weighted by Crippen LogP contribution is -2.29. The van der Waals surface area contributed by atoms with E-state index in [1.54, 1.807) is 6.07 Å². The van der Waals surface area contributed by atoms with Crippen LogP contribution in [0.4, 0.5) is 0 Å². The number of benzene rings is 1. The minimum Gasteiger partial charge on any atom is -0.478 e. The van der Waals surface area contributed by atoms with Crippen molar-refractivity contribution in [2.45, 2.75) is 20.8 Å². The standard InChI is InChI=1S/C17H21NO3/c1-11-9-18(10-12(11)2)17(21)15-6-4-5-14(13(15)3)7-8-16(19)20/h4-8,11-12H,9-10H2,1-3H3,(H,19,20). The second-order valence-electron chi connectivity index (χ2n) is 5.86. The predicted octanol–water partition coefficient (Wildman–Crippen LogP) is 2.82. The molecule has 1 amide bonds. The Balaban J connectivity index is 2.26. The highest BCUT2D eigenvalue weighted by molar-refractivity contribution is 5.97. The molecule has 1 aliphatic rings. The fourth-order valence-corrected chi connectivity index (χ4v) is 2.69. The Kier molecular flexibility index (Phi) is 4.46. The summed E-state index contributed by atoms with van der Waals surface area (Å²) in [6.07, 6.45) is 2.63. The van der Waals surface area contributed by atoms with Crippen LogP contribution in [-0.2, 0) is 4.79 Å². The number of carboxylic acid groups (broad SMARTS) is 1. The SMILES string of the molecule is Cc1c(C=CC(=O)O)cccc1C(=O)N1CC(C)C(C)C1. The monoisotopic (exact) mass is 287 g/mol. The van der Waals surface area contributed by atoms with E-state index in [2.05, 4.69) is 13.8 Å². The van der Waals surface area contributed by atoms with E-state index >= 15 is 0 Å². The number of carbonyl (C=O) groups is 2. The zero-order chi connectivity index (χ0) is 15.6. The van der Waals surface area contributed by atoms with Crippen LogP contribution in [0.5, 0.6) is 0 Å². The lowest BCUT2D eigenvalue weighted by Gasteiger charge is -2.18. The third-order valence-electron chi connectivity index (χ3n) is 4.29. The number of carbonyl (C=O) groups excluding carboxylic acids is 1.